The Hall–Kier alpha value is -2.69. The number of rotatable bonds is 2. The zero-order chi connectivity index (χ0) is 13.8. The average molecular weight is 261 g/mol. The van der Waals surface area contributed by atoms with Gasteiger partial charge < -0.3 is 10.1 Å². The molecule has 0 spiro atoms. The topological polar surface area (TPSA) is 116 Å². The van der Waals surface area contributed by atoms with Crippen LogP contribution in [0.25, 0.3) is 0 Å². The van der Waals surface area contributed by atoms with E-state index in [1.165, 1.54) is 12.1 Å². The van der Waals surface area contributed by atoms with Crippen molar-refractivity contribution >= 4 is 17.2 Å². The largest absolute Gasteiger partial charge is 0.411 e. The van der Waals surface area contributed by atoms with Crippen LogP contribution < -0.4 is 4.90 Å². The van der Waals surface area contributed by atoms with E-state index in [0.29, 0.717) is 31.7 Å². The molecule has 0 unspecified atom stereocenters. The normalized spacial score (nSPS) is 14.9. The third-order valence-electron chi connectivity index (χ3n) is 2.97. The minimum Gasteiger partial charge on any atom is -0.411 e. The van der Waals surface area contributed by atoms with Crippen LogP contribution in [0.4, 0.5) is 11.5 Å². The summed E-state index contributed by atoms with van der Waals surface area (Å²) >= 11 is 0. The molecule has 0 bridgehead atoms. The molecule has 8 nitrogen and oxygen atoms in total. The second-order valence-electron chi connectivity index (χ2n) is 4.06. The molecule has 1 aliphatic heterocycles. The SMILES string of the molecule is N#Cc1nc(N2CCC(=NO)CC2)ccc1[N+](=O)[O-]. The third-order valence-corrected chi connectivity index (χ3v) is 2.97. The van der Waals surface area contributed by atoms with Crippen LogP contribution in [-0.2, 0) is 0 Å². The van der Waals surface area contributed by atoms with E-state index in [0.717, 1.165) is 5.71 Å². The van der Waals surface area contributed by atoms with E-state index in [1.54, 1.807) is 6.07 Å². The highest BCUT2D eigenvalue weighted by atomic mass is 16.6. The molecular formula is C11H11N5O3. The van der Waals surface area contributed by atoms with Crippen LogP contribution >= 0.6 is 0 Å². The van der Waals surface area contributed by atoms with Gasteiger partial charge in [-0.1, -0.05) is 5.16 Å². The highest BCUT2D eigenvalue weighted by Gasteiger charge is 2.21. The van der Waals surface area contributed by atoms with Gasteiger partial charge in [0.1, 0.15) is 11.9 Å². The van der Waals surface area contributed by atoms with Crippen molar-refractivity contribution in [3.8, 4) is 6.07 Å². The van der Waals surface area contributed by atoms with Crippen LogP contribution in [0.1, 0.15) is 18.5 Å². The van der Waals surface area contributed by atoms with Crippen molar-refractivity contribution in [3.05, 3.63) is 27.9 Å². The number of aromatic nitrogens is 1. The maximum Gasteiger partial charge on any atom is 0.305 e. The zero-order valence-electron chi connectivity index (χ0n) is 9.98. The second kappa shape index (κ2) is 5.30. The Balaban J connectivity index is 2.23. The third kappa shape index (κ3) is 2.60. The van der Waals surface area contributed by atoms with E-state index in [1.807, 2.05) is 4.90 Å². The molecule has 1 aromatic heterocycles. The predicted octanol–water partition coefficient (Wildman–Crippen LogP) is 1.29. The summed E-state index contributed by atoms with van der Waals surface area (Å²) in [6.07, 6.45) is 1.22. The summed E-state index contributed by atoms with van der Waals surface area (Å²) in [5, 5.41) is 31.4. The van der Waals surface area contributed by atoms with Crippen LogP contribution in [0.5, 0.6) is 0 Å². The Morgan fingerprint density at radius 2 is 2.16 bits per heavy atom. The van der Waals surface area contributed by atoms with E-state index in [9.17, 15) is 10.1 Å². The number of nitrogens with zero attached hydrogens (tertiary/aromatic N) is 5. The van der Waals surface area contributed by atoms with Crippen molar-refractivity contribution in [2.75, 3.05) is 18.0 Å². The smallest absolute Gasteiger partial charge is 0.305 e. The van der Waals surface area contributed by atoms with E-state index in [4.69, 9.17) is 10.5 Å². The Bertz CT molecular complexity index is 568. The molecule has 1 N–H and O–H groups in total. The molecule has 19 heavy (non-hydrogen) atoms. The highest BCUT2D eigenvalue weighted by molar-refractivity contribution is 5.86. The molecule has 0 atom stereocenters. The summed E-state index contributed by atoms with van der Waals surface area (Å²) in [5.41, 5.74) is 0.239. The van der Waals surface area contributed by atoms with Gasteiger partial charge in [0, 0.05) is 32.0 Å². The van der Waals surface area contributed by atoms with Gasteiger partial charge in [-0.3, -0.25) is 10.1 Å². The molecular weight excluding hydrogens is 250 g/mol. The first kappa shape index (κ1) is 12.8. The quantitative estimate of drug-likeness (QED) is 0.487. The maximum atomic E-state index is 10.7. The standard InChI is InChI=1S/C11H11N5O3/c12-7-9-10(16(18)19)1-2-11(13-9)15-5-3-8(14-17)4-6-15/h1-2,17H,3-6H2. The lowest BCUT2D eigenvalue weighted by Gasteiger charge is -2.28. The summed E-state index contributed by atoms with van der Waals surface area (Å²) in [6, 6.07) is 4.55. The number of nitro groups is 1. The minimum atomic E-state index is -0.623. The van der Waals surface area contributed by atoms with Crippen molar-refractivity contribution in [2.45, 2.75) is 12.8 Å². The molecule has 0 aliphatic carbocycles. The number of anilines is 1. The fraction of sp³-hybridized carbons (Fsp3) is 0.364. The fourth-order valence-corrected chi connectivity index (χ4v) is 1.94. The van der Waals surface area contributed by atoms with Crippen LogP contribution in [-0.4, -0.2) is 33.9 Å². The molecule has 1 fully saturated rings. The Morgan fingerprint density at radius 1 is 1.47 bits per heavy atom. The van der Waals surface area contributed by atoms with Gasteiger partial charge in [-0.15, -0.1) is 0 Å². The Morgan fingerprint density at radius 3 is 2.68 bits per heavy atom. The molecule has 1 aliphatic rings. The van der Waals surface area contributed by atoms with Gasteiger partial charge in [0.15, 0.2) is 0 Å². The van der Waals surface area contributed by atoms with Crippen LogP contribution in [0.15, 0.2) is 17.3 Å². The molecule has 2 heterocycles. The number of hydrogen-bond acceptors (Lipinski definition) is 7. The molecule has 1 aromatic rings. The van der Waals surface area contributed by atoms with Crippen molar-refractivity contribution in [3.63, 3.8) is 0 Å². The zero-order valence-corrected chi connectivity index (χ0v) is 9.98. The highest BCUT2D eigenvalue weighted by Crippen LogP contribution is 2.22. The molecule has 98 valence electrons. The molecule has 2 rings (SSSR count). The van der Waals surface area contributed by atoms with Crippen LogP contribution in [0, 0.1) is 21.4 Å². The molecule has 0 radical (unpaired) electrons. The lowest BCUT2D eigenvalue weighted by atomic mass is 10.1. The Kier molecular flexibility index (Phi) is 3.56. The first-order chi connectivity index (χ1) is 9.15. The van der Waals surface area contributed by atoms with Crippen molar-refractivity contribution in [2.24, 2.45) is 5.16 Å². The summed E-state index contributed by atoms with van der Waals surface area (Å²) < 4.78 is 0. The lowest BCUT2D eigenvalue weighted by molar-refractivity contribution is -0.385. The van der Waals surface area contributed by atoms with E-state index in [2.05, 4.69) is 10.1 Å². The summed E-state index contributed by atoms with van der Waals surface area (Å²) in [4.78, 5) is 16.0. The maximum absolute atomic E-state index is 10.7. The van der Waals surface area contributed by atoms with Gasteiger partial charge in [-0.2, -0.15) is 5.26 Å². The van der Waals surface area contributed by atoms with E-state index in [-0.39, 0.29) is 11.4 Å². The van der Waals surface area contributed by atoms with Crippen molar-refractivity contribution < 1.29 is 10.1 Å². The van der Waals surface area contributed by atoms with Gasteiger partial charge in [-0.05, 0) is 6.07 Å². The first-order valence-electron chi connectivity index (χ1n) is 5.66. The van der Waals surface area contributed by atoms with Gasteiger partial charge in [-0.25, -0.2) is 4.98 Å². The Labute approximate surface area is 108 Å². The van der Waals surface area contributed by atoms with Crippen molar-refractivity contribution in [1.29, 1.82) is 5.26 Å². The number of oxime groups is 1. The van der Waals surface area contributed by atoms with Crippen molar-refractivity contribution in [1.82, 2.24) is 4.98 Å². The number of piperidine rings is 1. The van der Waals surface area contributed by atoms with E-state index < -0.39 is 4.92 Å². The van der Waals surface area contributed by atoms with Crippen LogP contribution in [0.3, 0.4) is 0 Å². The minimum absolute atomic E-state index is 0.191. The molecule has 0 aromatic carbocycles. The summed E-state index contributed by atoms with van der Waals surface area (Å²) in [7, 11) is 0. The van der Waals surface area contributed by atoms with Gasteiger partial charge >= 0.3 is 5.69 Å². The van der Waals surface area contributed by atoms with Gasteiger partial charge in [0.05, 0.1) is 10.6 Å². The van der Waals surface area contributed by atoms with Gasteiger partial charge in [0.25, 0.3) is 0 Å². The van der Waals surface area contributed by atoms with E-state index >= 15 is 0 Å². The summed E-state index contributed by atoms with van der Waals surface area (Å²) in [5.74, 6) is 0.527. The number of pyridine rings is 1. The summed E-state index contributed by atoms with van der Waals surface area (Å²) in [6.45, 7) is 1.21. The fourth-order valence-electron chi connectivity index (χ4n) is 1.94. The monoisotopic (exact) mass is 261 g/mol. The molecule has 1 saturated heterocycles. The molecule has 0 amide bonds. The van der Waals surface area contributed by atoms with Crippen LogP contribution in [0.2, 0.25) is 0 Å². The van der Waals surface area contributed by atoms with Gasteiger partial charge in [0.2, 0.25) is 5.69 Å². The predicted molar refractivity (Wildman–Crippen MR) is 66.3 cm³/mol. The molecule has 8 heteroatoms. The average Bonchev–Trinajstić information content (AvgIpc) is 2.46. The second-order valence-corrected chi connectivity index (χ2v) is 4.06. The number of nitriles is 1. The number of hydrogen-bond donors (Lipinski definition) is 1. The first-order valence-corrected chi connectivity index (χ1v) is 5.66. The molecule has 0 saturated carbocycles. The lowest BCUT2D eigenvalue weighted by Crippen LogP contribution is -2.34.